The largest absolute Gasteiger partial charge is 0.384 e. The monoisotopic (exact) mass is 702 g/mol. The van der Waals surface area contributed by atoms with Crippen LogP contribution in [0, 0.1) is 0 Å². The molecule has 0 radical (unpaired) electrons. The molecule has 48 heavy (non-hydrogen) atoms. The van der Waals surface area contributed by atoms with E-state index < -0.39 is 0 Å². The number of halogens is 2. The molecular formula is C40H68Cl2N6. The lowest BCUT2D eigenvalue weighted by Crippen LogP contribution is -2.46. The highest BCUT2D eigenvalue weighted by atomic mass is 35.5. The van der Waals surface area contributed by atoms with Gasteiger partial charge in [0.05, 0.1) is 0 Å². The van der Waals surface area contributed by atoms with Gasteiger partial charge in [0.15, 0.2) is 0 Å². The maximum atomic E-state index is 6.32. The molecule has 0 aliphatic carbocycles. The Hall–Kier alpha value is -2.44. The van der Waals surface area contributed by atoms with Gasteiger partial charge in [0.25, 0.3) is 0 Å². The number of nitrogens with two attached hydrogens (primary N) is 2. The third-order valence-electron chi connectivity index (χ3n) is 9.42. The summed E-state index contributed by atoms with van der Waals surface area (Å²) in [4.78, 5) is 14.2. The molecule has 0 bridgehead atoms. The number of nitrogens with zero attached hydrogens (tertiary/aromatic N) is 4. The molecule has 8 heteroatoms. The first-order chi connectivity index (χ1) is 22.6. The second-order valence-corrected chi connectivity index (χ2v) is 13.3. The first-order valence-corrected chi connectivity index (χ1v) is 18.9. The van der Waals surface area contributed by atoms with E-state index in [0.29, 0.717) is 11.7 Å². The van der Waals surface area contributed by atoms with Crippen molar-refractivity contribution < 1.29 is 0 Å². The van der Waals surface area contributed by atoms with Crippen molar-refractivity contribution in [2.45, 2.75) is 129 Å². The lowest BCUT2D eigenvalue weighted by molar-refractivity contribution is 0.567. The molecule has 4 N–H and O–H groups in total. The van der Waals surface area contributed by atoms with Crippen molar-refractivity contribution >= 4 is 47.9 Å². The molecule has 1 aliphatic rings. The lowest BCUT2D eigenvalue weighted by atomic mass is 10.1. The fourth-order valence-corrected chi connectivity index (χ4v) is 6.34. The Labute approximate surface area is 306 Å². The summed E-state index contributed by atoms with van der Waals surface area (Å²) in [5, 5.41) is 0. The fraction of sp³-hybridized carbons (Fsp3) is 0.650. The first kappa shape index (κ1) is 43.6. The molecule has 1 saturated heterocycles. The average Bonchev–Trinajstić information content (AvgIpc) is 3.10. The van der Waals surface area contributed by atoms with E-state index in [1.165, 1.54) is 114 Å². The Morgan fingerprint density at radius 1 is 0.458 bits per heavy atom. The Morgan fingerprint density at radius 2 is 0.729 bits per heavy atom. The Kier molecular flexibility index (Phi) is 24.9. The number of piperazine rings is 1. The van der Waals surface area contributed by atoms with E-state index in [4.69, 9.17) is 11.5 Å². The van der Waals surface area contributed by atoms with Crippen molar-refractivity contribution in [1.29, 1.82) is 0 Å². The third kappa shape index (κ3) is 17.3. The summed E-state index contributed by atoms with van der Waals surface area (Å²) >= 11 is 0. The van der Waals surface area contributed by atoms with Crippen molar-refractivity contribution in [3.05, 3.63) is 59.7 Å². The van der Waals surface area contributed by atoms with E-state index in [1.54, 1.807) is 0 Å². The number of rotatable bonds is 24. The molecule has 0 spiro atoms. The van der Waals surface area contributed by atoms with Crippen LogP contribution in [0.5, 0.6) is 0 Å². The van der Waals surface area contributed by atoms with Gasteiger partial charge in [0.1, 0.15) is 11.7 Å². The standard InChI is InChI=1S/C40H66N6.2ClH/c1-3-5-7-9-11-13-15-17-19-29-43-39(41)35-21-25-37(26-22-35)45-31-33-46(34-32-45)38-27-23-36(24-28-38)40(42)44-30-20-18-16-14-12-10-8-6-4-2;;/h21-28H,3-20,29-34H2,1-2H3,(H2,41,43)(H2,42,44);2*1H. The van der Waals surface area contributed by atoms with E-state index in [2.05, 4.69) is 82.2 Å². The van der Waals surface area contributed by atoms with Crippen molar-refractivity contribution in [3.63, 3.8) is 0 Å². The molecule has 0 aromatic heterocycles. The van der Waals surface area contributed by atoms with Crippen LogP contribution in [0.1, 0.15) is 141 Å². The van der Waals surface area contributed by atoms with Crippen molar-refractivity contribution in [1.82, 2.24) is 0 Å². The predicted octanol–water partition coefficient (Wildman–Crippen LogP) is 10.3. The lowest BCUT2D eigenvalue weighted by Gasteiger charge is -2.37. The van der Waals surface area contributed by atoms with Gasteiger partial charge in [-0.15, -0.1) is 24.8 Å². The van der Waals surface area contributed by atoms with Crippen LogP contribution >= 0.6 is 24.8 Å². The summed E-state index contributed by atoms with van der Waals surface area (Å²) in [6.45, 7) is 10.2. The van der Waals surface area contributed by atoms with Crippen LogP contribution in [-0.4, -0.2) is 50.9 Å². The van der Waals surface area contributed by atoms with Gasteiger partial charge in [-0.2, -0.15) is 0 Å². The fourth-order valence-electron chi connectivity index (χ4n) is 6.34. The van der Waals surface area contributed by atoms with Crippen molar-refractivity contribution in [2.75, 3.05) is 49.1 Å². The maximum absolute atomic E-state index is 6.32. The zero-order valence-electron chi connectivity index (χ0n) is 30.3. The molecule has 0 amide bonds. The number of hydrogen-bond acceptors (Lipinski definition) is 4. The van der Waals surface area contributed by atoms with Crippen molar-refractivity contribution in [3.8, 4) is 0 Å². The summed E-state index contributed by atoms with van der Waals surface area (Å²) in [6, 6.07) is 17.3. The van der Waals surface area contributed by atoms with Crippen LogP contribution < -0.4 is 21.3 Å². The molecule has 2 aromatic carbocycles. The maximum Gasteiger partial charge on any atom is 0.125 e. The highest BCUT2D eigenvalue weighted by molar-refractivity contribution is 5.98. The van der Waals surface area contributed by atoms with Crippen LogP contribution in [0.3, 0.4) is 0 Å². The van der Waals surface area contributed by atoms with Gasteiger partial charge in [-0.05, 0) is 61.4 Å². The van der Waals surface area contributed by atoms with Gasteiger partial charge in [0, 0.05) is 61.8 Å². The molecular weight excluding hydrogens is 635 g/mol. The SMILES string of the molecule is CCCCCCCCCCCN=C(N)c1ccc(N2CCN(c3ccc(C(N)=NCCCCCCCCCCC)cc3)CC2)cc1.Cl.Cl. The normalized spacial score (nSPS) is 13.7. The highest BCUT2D eigenvalue weighted by Crippen LogP contribution is 2.22. The number of anilines is 2. The van der Waals surface area contributed by atoms with Gasteiger partial charge in [-0.1, -0.05) is 117 Å². The van der Waals surface area contributed by atoms with Gasteiger partial charge in [-0.25, -0.2) is 0 Å². The molecule has 0 unspecified atom stereocenters. The van der Waals surface area contributed by atoms with Crippen LogP contribution in [0.15, 0.2) is 58.5 Å². The van der Waals surface area contributed by atoms with Gasteiger partial charge < -0.3 is 21.3 Å². The van der Waals surface area contributed by atoms with E-state index in [9.17, 15) is 0 Å². The van der Waals surface area contributed by atoms with Crippen LogP contribution in [0.25, 0.3) is 0 Å². The first-order valence-electron chi connectivity index (χ1n) is 18.9. The number of aliphatic imine (C=N–C) groups is 2. The third-order valence-corrected chi connectivity index (χ3v) is 9.42. The summed E-state index contributed by atoms with van der Waals surface area (Å²) in [7, 11) is 0. The zero-order chi connectivity index (χ0) is 32.7. The smallest absolute Gasteiger partial charge is 0.125 e. The predicted molar refractivity (Wildman–Crippen MR) is 217 cm³/mol. The molecule has 1 fully saturated rings. The summed E-state index contributed by atoms with van der Waals surface area (Å²) in [5.74, 6) is 1.32. The van der Waals surface area contributed by atoms with Gasteiger partial charge in [0.2, 0.25) is 0 Å². The average molecular weight is 704 g/mol. The second kappa shape index (κ2) is 27.4. The number of hydrogen-bond donors (Lipinski definition) is 2. The zero-order valence-corrected chi connectivity index (χ0v) is 32.0. The molecule has 272 valence electrons. The van der Waals surface area contributed by atoms with E-state index in [1.807, 2.05) is 0 Å². The highest BCUT2D eigenvalue weighted by Gasteiger charge is 2.18. The van der Waals surface area contributed by atoms with Crippen LogP contribution in [-0.2, 0) is 0 Å². The Balaban J connectivity index is 0.00000576. The molecule has 1 heterocycles. The van der Waals surface area contributed by atoms with E-state index in [-0.39, 0.29) is 24.8 Å². The minimum atomic E-state index is 0. The van der Waals surface area contributed by atoms with Crippen LogP contribution in [0.2, 0.25) is 0 Å². The molecule has 1 aliphatic heterocycles. The molecule has 3 rings (SSSR count). The van der Waals surface area contributed by atoms with Gasteiger partial charge in [-0.3, -0.25) is 9.98 Å². The Morgan fingerprint density at radius 3 is 1.02 bits per heavy atom. The second-order valence-electron chi connectivity index (χ2n) is 13.3. The topological polar surface area (TPSA) is 83.2 Å². The van der Waals surface area contributed by atoms with E-state index in [0.717, 1.165) is 63.2 Å². The van der Waals surface area contributed by atoms with E-state index >= 15 is 0 Å². The summed E-state index contributed by atoms with van der Waals surface area (Å²) in [6.07, 6.45) is 23.8. The molecule has 0 atom stereocenters. The number of unbranched alkanes of at least 4 members (excludes halogenated alkanes) is 16. The molecule has 6 nitrogen and oxygen atoms in total. The van der Waals surface area contributed by atoms with Gasteiger partial charge >= 0.3 is 0 Å². The Bertz CT molecular complexity index is 1020. The van der Waals surface area contributed by atoms with Crippen molar-refractivity contribution in [2.24, 2.45) is 21.5 Å². The van der Waals surface area contributed by atoms with Crippen LogP contribution in [0.4, 0.5) is 11.4 Å². The number of amidine groups is 2. The molecule has 0 saturated carbocycles. The number of benzene rings is 2. The summed E-state index contributed by atoms with van der Waals surface area (Å²) < 4.78 is 0. The quantitative estimate of drug-likeness (QED) is 0.0648. The summed E-state index contributed by atoms with van der Waals surface area (Å²) in [5.41, 5.74) is 17.2. The minimum Gasteiger partial charge on any atom is -0.384 e. The molecule has 2 aromatic rings. The minimum absolute atomic E-state index is 0.